The van der Waals surface area contributed by atoms with Crippen LogP contribution in [0, 0.1) is 18.8 Å². The minimum atomic E-state index is -5.08. The number of hydrogen-bond donors (Lipinski definition) is 1. The zero-order valence-corrected chi connectivity index (χ0v) is 18.4. The molecule has 0 saturated carbocycles. The van der Waals surface area contributed by atoms with Crippen molar-refractivity contribution < 1.29 is 32.6 Å². The molecule has 2 aliphatic rings. The Hall–Kier alpha value is -2.66. The number of carboxylic acids is 1. The normalized spacial score (nSPS) is 20.7. The standard InChI is InChI=1S/C19H23N3O2S.C2HF3O2/c1-13-20-16(12-25-13)10-22-9-15-8-21(11-18(15)19(22)23)7-14-3-5-17(24-2)6-4-14;3-2(4,5)1(6)7/h3-6,12,15,18H,7-11H2,1-2H3;(H,6,7)/t15-,18-;/m1./s1. The lowest BCUT2D eigenvalue weighted by Gasteiger charge is -2.21. The SMILES string of the molecule is COc1ccc(CN2C[C@@H]3CN(Cc4csc(C)n4)C(=O)[C@@H]3C2)cc1.O=C(O)C(F)(F)F. The van der Waals surface area contributed by atoms with E-state index in [1.54, 1.807) is 18.4 Å². The molecule has 4 rings (SSSR count). The zero-order valence-electron chi connectivity index (χ0n) is 17.6. The zero-order chi connectivity index (χ0) is 23.5. The fourth-order valence-electron chi connectivity index (χ4n) is 3.97. The number of aromatic nitrogens is 1. The highest BCUT2D eigenvalue weighted by molar-refractivity contribution is 7.09. The molecule has 1 aromatic carbocycles. The molecule has 32 heavy (non-hydrogen) atoms. The summed E-state index contributed by atoms with van der Waals surface area (Å²) in [5.74, 6) is -0.978. The molecule has 0 spiro atoms. The maximum Gasteiger partial charge on any atom is 0.490 e. The first-order chi connectivity index (χ1) is 15.1. The number of thiazole rings is 1. The van der Waals surface area contributed by atoms with E-state index in [1.807, 2.05) is 24.0 Å². The summed E-state index contributed by atoms with van der Waals surface area (Å²) in [6.45, 7) is 6.28. The molecule has 0 radical (unpaired) electrons. The van der Waals surface area contributed by atoms with Crippen LogP contribution in [0.25, 0.3) is 0 Å². The second kappa shape index (κ2) is 9.86. The average molecular weight is 472 g/mol. The second-order valence-corrected chi connectivity index (χ2v) is 8.85. The Labute approximate surface area is 187 Å². The number of rotatable bonds is 5. The van der Waals surface area contributed by atoms with E-state index in [4.69, 9.17) is 14.6 Å². The number of likely N-dealkylation sites (tertiary alicyclic amines) is 2. The number of benzene rings is 1. The molecule has 1 N–H and O–H groups in total. The third-order valence-electron chi connectivity index (χ3n) is 5.43. The summed E-state index contributed by atoms with van der Waals surface area (Å²) in [5, 5.41) is 10.2. The number of carbonyl (C=O) groups excluding carboxylic acids is 1. The smallest absolute Gasteiger partial charge is 0.490 e. The number of carboxylic acid groups (broad SMARTS) is 1. The van der Waals surface area contributed by atoms with E-state index in [2.05, 4.69) is 27.4 Å². The van der Waals surface area contributed by atoms with Crippen molar-refractivity contribution in [1.82, 2.24) is 14.8 Å². The number of halogens is 3. The summed E-state index contributed by atoms with van der Waals surface area (Å²) in [5.41, 5.74) is 2.29. The molecule has 2 saturated heterocycles. The van der Waals surface area contributed by atoms with Gasteiger partial charge in [0.1, 0.15) is 5.75 Å². The molecule has 11 heteroatoms. The van der Waals surface area contributed by atoms with Gasteiger partial charge in [-0.15, -0.1) is 11.3 Å². The number of aliphatic carboxylic acids is 1. The van der Waals surface area contributed by atoms with Gasteiger partial charge in [0.05, 0.1) is 30.3 Å². The number of carbonyl (C=O) groups is 2. The van der Waals surface area contributed by atoms with E-state index in [0.29, 0.717) is 18.4 Å². The van der Waals surface area contributed by atoms with Crippen molar-refractivity contribution in [3.8, 4) is 5.75 Å². The molecule has 3 heterocycles. The predicted molar refractivity (Wildman–Crippen MR) is 111 cm³/mol. The number of alkyl halides is 3. The Bertz CT molecular complexity index is 949. The number of amides is 1. The Kier molecular flexibility index (Phi) is 7.40. The topological polar surface area (TPSA) is 83.0 Å². The van der Waals surface area contributed by atoms with Crippen molar-refractivity contribution in [2.24, 2.45) is 11.8 Å². The molecule has 174 valence electrons. The third-order valence-corrected chi connectivity index (χ3v) is 6.25. The lowest BCUT2D eigenvalue weighted by atomic mass is 10.0. The van der Waals surface area contributed by atoms with Gasteiger partial charge >= 0.3 is 12.1 Å². The maximum atomic E-state index is 12.7. The quantitative estimate of drug-likeness (QED) is 0.721. The van der Waals surface area contributed by atoms with Crippen LogP contribution < -0.4 is 4.74 Å². The molecule has 0 bridgehead atoms. The Morgan fingerprint density at radius 1 is 1.22 bits per heavy atom. The summed E-state index contributed by atoms with van der Waals surface area (Å²) in [6, 6.07) is 8.20. The maximum absolute atomic E-state index is 12.7. The van der Waals surface area contributed by atoms with E-state index in [9.17, 15) is 18.0 Å². The third kappa shape index (κ3) is 5.98. The van der Waals surface area contributed by atoms with Gasteiger partial charge in [0.15, 0.2) is 0 Å². The van der Waals surface area contributed by atoms with Crippen LogP contribution in [0.2, 0.25) is 0 Å². The van der Waals surface area contributed by atoms with E-state index in [-0.39, 0.29) is 5.92 Å². The van der Waals surface area contributed by atoms with Crippen LogP contribution in [0.5, 0.6) is 5.75 Å². The van der Waals surface area contributed by atoms with Crippen LogP contribution in [0.4, 0.5) is 13.2 Å². The lowest BCUT2D eigenvalue weighted by molar-refractivity contribution is -0.192. The van der Waals surface area contributed by atoms with Gasteiger partial charge in [-0.1, -0.05) is 12.1 Å². The fourth-order valence-corrected chi connectivity index (χ4v) is 4.57. The summed E-state index contributed by atoms with van der Waals surface area (Å²) in [4.78, 5) is 30.5. The number of methoxy groups -OCH3 is 1. The van der Waals surface area contributed by atoms with Crippen molar-refractivity contribution in [3.63, 3.8) is 0 Å². The first-order valence-electron chi connectivity index (χ1n) is 9.92. The van der Waals surface area contributed by atoms with Crippen LogP contribution in [-0.4, -0.2) is 64.7 Å². The van der Waals surface area contributed by atoms with Gasteiger partial charge in [0.2, 0.25) is 5.91 Å². The highest BCUT2D eigenvalue weighted by atomic mass is 32.1. The van der Waals surface area contributed by atoms with E-state index in [1.165, 1.54) is 5.56 Å². The lowest BCUT2D eigenvalue weighted by Crippen LogP contribution is -2.32. The van der Waals surface area contributed by atoms with Gasteiger partial charge in [-0.2, -0.15) is 13.2 Å². The van der Waals surface area contributed by atoms with Gasteiger partial charge in [-0.25, -0.2) is 9.78 Å². The van der Waals surface area contributed by atoms with Crippen LogP contribution >= 0.6 is 11.3 Å². The van der Waals surface area contributed by atoms with Crippen molar-refractivity contribution in [3.05, 3.63) is 45.9 Å². The van der Waals surface area contributed by atoms with Gasteiger partial charge < -0.3 is 14.7 Å². The first-order valence-corrected chi connectivity index (χ1v) is 10.8. The molecular formula is C21H24F3N3O4S. The first kappa shape index (κ1) is 24.0. The van der Waals surface area contributed by atoms with Gasteiger partial charge in [0.25, 0.3) is 0 Å². The molecule has 2 fully saturated rings. The summed E-state index contributed by atoms with van der Waals surface area (Å²) < 4.78 is 36.9. The number of fused-ring (bicyclic) bond motifs is 1. The van der Waals surface area contributed by atoms with Gasteiger partial charge in [-0.3, -0.25) is 9.69 Å². The van der Waals surface area contributed by atoms with Crippen LogP contribution in [0.3, 0.4) is 0 Å². The van der Waals surface area contributed by atoms with Crippen LogP contribution in [0.1, 0.15) is 16.3 Å². The van der Waals surface area contributed by atoms with E-state index < -0.39 is 12.1 Å². The van der Waals surface area contributed by atoms with Gasteiger partial charge in [0, 0.05) is 37.5 Å². The second-order valence-electron chi connectivity index (χ2n) is 7.79. The van der Waals surface area contributed by atoms with Crippen molar-refractivity contribution in [2.45, 2.75) is 26.2 Å². The van der Waals surface area contributed by atoms with E-state index >= 15 is 0 Å². The molecule has 0 unspecified atom stereocenters. The fraction of sp³-hybridized carbons (Fsp3) is 0.476. The van der Waals surface area contributed by atoms with Crippen LogP contribution in [-0.2, 0) is 22.7 Å². The number of aryl methyl sites for hydroxylation is 1. The minimum Gasteiger partial charge on any atom is -0.497 e. The summed E-state index contributed by atoms with van der Waals surface area (Å²) in [7, 11) is 1.68. The highest BCUT2D eigenvalue weighted by Crippen LogP contribution is 2.34. The van der Waals surface area contributed by atoms with Gasteiger partial charge in [-0.05, 0) is 24.6 Å². The molecular weight excluding hydrogens is 447 g/mol. The largest absolute Gasteiger partial charge is 0.497 e. The molecule has 2 aromatic rings. The van der Waals surface area contributed by atoms with Crippen molar-refractivity contribution >= 4 is 23.2 Å². The van der Waals surface area contributed by atoms with Crippen molar-refractivity contribution in [1.29, 1.82) is 0 Å². The Balaban J connectivity index is 0.000000360. The highest BCUT2D eigenvalue weighted by Gasteiger charge is 2.46. The Morgan fingerprint density at radius 2 is 1.88 bits per heavy atom. The summed E-state index contributed by atoms with van der Waals surface area (Å²) in [6.07, 6.45) is -5.08. The molecule has 2 aliphatic heterocycles. The molecule has 2 atom stereocenters. The number of ether oxygens (including phenoxy) is 1. The molecule has 1 amide bonds. The summed E-state index contributed by atoms with van der Waals surface area (Å²) >= 11 is 1.65. The molecule has 1 aromatic heterocycles. The number of hydrogen-bond acceptors (Lipinski definition) is 6. The predicted octanol–water partition coefficient (Wildman–Crippen LogP) is 3.18. The number of nitrogens with zero attached hydrogens (tertiary/aromatic N) is 3. The van der Waals surface area contributed by atoms with Crippen molar-refractivity contribution in [2.75, 3.05) is 26.7 Å². The minimum absolute atomic E-state index is 0.151. The van der Waals surface area contributed by atoms with Crippen LogP contribution in [0.15, 0.2) is 29.6 Å². The Morgan fingerprint density at radius 3 is 2.38 bits per heavy atom. The molecule has 7 nitrogen and oxygen atoms in total. The average Bonchev–Trinajstić information content (AvgIpc) is 3.39. The molecule has 0 aliphatic carbocycles. The van der Waals surface area contributed by atoms with E-state index in [0.717, 1.165) is 42.6 Å². The monoisotopic (exact) mass is 471 g/mol.